The summed E-state index contributed by atoms with van der Waals surface area (Å²) in [4.78, 5) is 26.5. The number of hydrogen-bond acceptors (Lipinski definition) is 2. The van der Waals surface area contributed by atoms with Gasteiger partial charge < -0.3 is 10.2 Å². The lowest BCUT2D eigenvalue weighted by molar-refractivity contribution is -0.131. The van der Waals surface area contributed by atoms with Crippen molar-refractivity contribution in [3.63, 3.8) is 0 Å². The normalized spacial score (nSPS) is 15.0. The SMILES string of the molecule is O=C(NC1CCN(C(=O)Cc2ccccc2)CC1)c1cccc(Cl)c1. The Morgan fingerprint density at radius 2 is 1.76 bits per heavy atom. The summed E-state index contributed by atoms with van der Waals surface area (Å²) in [5.41, 5.74) is 1.60. The number of piperidine rings is 1. The molecule has 0 unspecified atom stereocenters. The van der Waals surface area contributed by atoms with Crippen molar-refractivity contribution in [2.24, 2.45) is 0 Å². The van der Waals surface area contributed by atoms with E-state index in [1.165, 1.54) is 0 Å². The first-order valence-electron chi connectivity index (χ1n) is 8.50. The average molecular weight is 357 g/mol. The van der Waals surface area contributed by atoms with Crippen molar-refractivity contribution in [3.8, 4) is 0 Å². The summed E-state index contributed by atoms with van der Waals surface area (Å²) >= 11 is 5.93. The highest BCUT2D eigenvalue weighted by atomic mass is 35.5. The Kier molecular flexibility index (Phi) is 5.71. The molecule has 0 radical (unpaired) electrons. The van der Waals surface area contributed by atoms with Crippen LogP contribution in [-0.4, -0.2) is 35.8 Å². The summed E-state index contributed by atoms with van der Waals surface area (Å²) in [7, 11) is 0. The summed E-state index contributed by atoms with van der Waals surface area (Å²) in [6, 6.07) is 16.8. The molecule has 0 bridgehead atoms. The zero-order chi connectivity index (χ0) is 17.6. The average Bonchev–Trinajstić information content (AvgIpc) is 2.63. The highest BCUT2D eigenvalue weighted by Gasteiger charge is 2.24. The maximum Gasteiger partial charge on any atom is 0.251 e. The molecule has 1 heterocycles. The molecule has 2 amide bonds. The van der Waals surface area contributed by atoms with Crippen LogP contribution in [0.2, 0.25) is 5.02 Å². The number of amides is 2. The van der Waals surface area contributed by atoms with E-state index in [2.05, 4.69) is 5.32 Å². The first kappa shape index (κ1) is 17.5. The van der Waals surface area contributed by atoms with Gasteiger partial charge in [-0.1, -0.05) is 48.0 Å². The number of hydrogen-bond donors (Lipinski definition) is 1. The summed E-state index contributed by atoms with van der Waals surface area (Å²) in [6.45, 7) is 1.35. The largest absolute Gasteiger partial charge is 0.349 e. The fourth-order valence-corrected chi connectivity index (χ4v) is 3.24. The molecule has 0 atom stereocenters. The van der Waals surface area contributed by atoms with Gasteiger partial charge in [0.1, 0.15) is 0 Å². The maximum absolute atomic E-state index is 12.4. The summed E-state index contributed by atoms with van der Waals surface area (Å²) in [6.07, 6.45) is 1.97. The highest BCUT2D eigenvalue weighted by Crippen LogP contribution is 2.15. The van der Waals surface area contributed by atoms with Gasteiger partial charge in [0.25, 0.3) is 5.91 Å². The molecule has 0 spiro atoms. The summed E-state index contributed by atoms with van der Waals surface area (Å²) in [5.74, 6) is 0.0300. The van der Waals surface area contributed by atoms with Crippen LogP contribution >= 0.6 is 11.6 Å². The van der Waals surface area contributed by atoms with Crippen LogP contribution in [0.4, 0.5) is 0 Å². The second-order valence-corrected chi connectivity index (χ2v) is 6.74. The van der Waals surface area contributed by atoms with Crippen LogP contribution in [0, 0.1) is 0 Å². The van der Waals surface area contributed by atoms with E-state index in [1.807, 2.05) is 35.2 Å². The Hall–Kier alpha value is -2.33. The molecular formula is C20H21ClN2O2. The molecule has 5 heteroatoms. The van der Waals surface area contributed by atoms with Crippen molar-refractivity contribution >= 4 is 23.4 Å². The number of rotatable bonds is 4. The van der Waals surface area contributed by atoms with E-state index < -0.39 is 0 Å². The molecule has 1 saturated heterocycles. The number of benzene rings is 2. The molecule has 0 aromatic heterocycles. The Morgan fingerprint density at radius 3 is 2.44 bits per heavy atom. The van der Waals surface area contributed by atoms with Crippen LogP contribution in [0.5, 0.6) is 0 Å². The summed E-state index contributed by atoms with van der Waals surface area (Å²) < 4.78 is 0. The predicted molar refractivity (Wildman–Crippen MR) is 98.7 cm³/mol. The highest BCUT2D eigenvalue weighted by molar-refractivity contribution is 6.30. The van der Waals surface area contributed by atoms with Gasteiger partial charge >= 0.3 is 0 Å². The Balaban J connectivity index is 1.48. The molecule has 0 aliphatic carbocycles. The minimum atomic E-state index is -0.114. The van der Waals surface area contributed by atoms with Gasteiger partial charge in [-0.05, 0) is 36.6 Å². The van der Waals surface area contributed by atoms with Crippen molar-refractivity contribution in [1.82, 2.24) is 10.2 Å². The van der Waals surface area contributed by atoms with Crippen LogP contribution in [0.1, 0.15) is 28.8 Å². The van der Waals surface area contributed by atoms with Crippen LogP contribution in [0.15, 0.2) is 54.6 Å². The van der Waals surface area contributed by atoms with Gasteiger partial charge in [0.15, 0.2) is 0 Å². The number of nitrogens with zero attached hydrogens (tertiary/aromatic N) is 1. The molecule has 1 aliphatic rings. The third kappa shape index (κ3) is 4.83. The Bertz CT molecular complexity index is 740. The number of carbonyl (C=O) groups excluding carboxylic acids is 2. The molecule has 2 aromatic carbocycles. The van der Waals surface area contributed by atoms with E-state index in [1.54, 1.807) is 24.3 Å². The first-order chi connectivity index (χ1) is 12.1. The molecule has 25 heavy (non-hydrogen) atoms. The van der Waals surface area contributed by atoms with Gasteiger partial charge in [-0.25, -0.2) is 0 Å². The van der Waals surface area contributed by atoms with E-state index in [0.717, 1.165) is 18.4 Å². The number of nitrogens with one attached hydrogen (secondary N) is 1. The quantitative estimate of drug-likeness (QED) is 0.913. The van der Waals surface area contributed by atoms with Gasteiger partial charge in [-0.15, -0.1) is 0 Å². The van der Waals surface area contributed by atoms with Crippen molar-refractivity contribution in [3.05, 3.63) is 70.7 Å². The summed E-state index contributed by atoms with van der Waals surface area (Å²) in [5, 5.41) is 3.59. The molecule has 4 nitrogen and oxygen atoms in total. The molecular weight excluding hydrogens is 336 g/mol. The fourth-order valence-electron chi connectivity index (χ4n) is 3.05. The molecule has 1 aliphatic heterocycles. The van der Waals surface area contributed by atoms with Crippen molar-refractivity contribution < 1.29 is 9.59 Å². The van der Waals surface area contributed by atoms with Crippen molar-refractivity contribution in [1.29, 1.82) is 0 Å². The third-order valence-electron chi connectivity index (χ3n) is 4.47. The minimum Gasteiger partial charge on any atom is -0.349 e. The van der Waals surface area contributed by atoms with Crippen LogP contribution < -0.4 is 5.32 Å². The zero-order valence-electron chi connectivity index (χ0n) is 14.0. The monoisotopic (exact) mass is 356 g/mol. The van der Waals surface area contributed by atoms with E-state index in [0.29, 0.717) is 30.1 Å². The van der Waals surface area contributed by atoms with E-state index in [9.17, 15) is 9.59 Å². The Morgan fingerprint density at radius 1 is 1.04 bits per heavy atom. The Labute approximate surface area is 152 Å². The lowest BCUT2D eigenvalue weighted by atomic mass is 10.0. The minimum absolute atomic E-state index is 0.0901. The molecule has 130 valence electrons. The second-order valence-electron chi connectivity index (χ2n) is 6.30. The maximum atomic E-state index is 12.4. The molecule has 2 aromatic rings. The van der Waals surface area contributed by atoms with E-state index in [4.69, 9.17) is 11.6 Å². The molecule has 3 rings (SSSR count). The topological polar surface area (TPSA) is 49.4 Å². The number of carbonyl (C=O) groups is 2. The van der Waals surface area contributed by atoms with Crippen molar-refractivity contribution in [2.75, 3.05) is 13.1 Å². The van der Waals surface area contributed by atoms with E-state index >= 15 is 0 Å². The molecule has 0 saturated carbocycles. The molecule has 1 N–H and O–H groups in total. The van der Waals surface area contributed by atoms with Gasteiger partial charge in [-0.2, -0.15) is 0 Å². The van der Waals surface area contributed by atoms with Crippen LogP contribution in [0.25, 0.3) is 0 Å². The second kappa shape index (κ2) is 8.17. The van der Waals surface area contributed by atoms with Gasteiger partial charge in [0.05, 0.1) is 6.42 Å². The van der Waals surface area contributed by atoms with Crippen LogP contribution in [0.3, 0.4) is 0 Å². The first-order valence-corrected chi connectivity index (χ1v) is 8.88. The van der Waals surface area contributed by atoms with Gasteiger partial charge in [-0.3, -0.25) is 9.59 Å². The number of halogens is 1. The third-order valence-corrected chi connectivity index (χ3v) is 4.70. The van der Waals surface area contributed by atoms with Crippen molar-refractivity contribution in [2.45, 2.75) is 25.3 Å². The van der Waals surface area contributed by atoms with Gasteiger partial charge in [0.2, 0.25) is 5.91 Å². The molecule has 1 fully saturated rings. The fraction of sp³-hybridized carbons (Fsp3) is 0.300. The zero-order valence-corrected chi connectivity index (χ0v) is 14.7. The predicted octanol–water partition coefficient (Wildman–Crippen LogP) is 3.30. The number of likely N-dealkylation sites (tertiary alicyclic amines) is 1. The smallest absolute Gasteiger partial charge is 0.251 e. The van der Waals surface area contributed by atoms with E-state index in [-0.39, 0.29) is 17.9 Å². The van der Waals surface area contributed by atoms with Crippen LogP contribution in [-0.2, 0) is 11.2 Å². The standard InChI is InChI=1S/C20H21ClN2O2/c21-17-8-4-7-16(14-17)20(25)22-18-9-11-23(12-10-18)19(24)13-15-5-2-1-3-6-15/h1-8,14,18H,9-13H2,(H,22,25). The lowest BCUT2D eigenvalue weighted by Crippen LogP contribution is -2.47. The lowest BCUT2D eigenvalue weighted by Gasteiger charge is -2.32. The van der Waals surface area contributed by atoms with Gasteiger partial charge in [0, 0.05) is 29.7 Å².